The predicted octanol–water partition coefficient (Wildman–Crippen LogP) is 0.537. The van der Waals surface area contributed by atoms with E-state index in [-0.39, 0.29) is 11.0 Å². The molecule has 0 aliphatic rings. The molecule has 7 nitrogen and oxygen atoms in total. The summed E-state index contributed by atoms with van der Waals surface area (Å²) in [6, 6.07) is 1.20. The number of primary sulfonamides is 1. The summed E-state index contributed by atoms with van der Waals surface area (Å²) in [7, 11) is -3.98. The number of rotatable bonds is 4. The number of aromatic nitrogens is 4. The number of hydrogen-bond donors (Lipinski definition) is 1. The lowest BCUT2D eigenvalue weighted by atomic mass is 10.2. The summed E-state index contributed by atoms with van der Waals surface area (Å²) in [5, 5.41) is 12.1. The Hall–Kier alpha value is -1.87. The van der Waals surface area contributed by atoms with Crippen LogP contribution in [0.5, 0.6) is 0 Å². The molecule has 9 heteroatoms. The Morgan fingerprint density at radius 3 is 2.68 bits per heavy atom. The minimum atomic E-state index is -3.98. The fourth-order valence-corrected chi connectivity index (χ4v) is 2.31. The van der Waals surface area contributed by atoms with Crippen molar-refractivity contribution in [3.63, 3.8) is 0 Å². The maximum absolute atomic E-state index is 13.1. The third-order valence-electron chi connectivity index (χ3n) is 2.38. The maximum atomic E-state index is 13.1. The van der Waals surface area contributed by atoms with Gasteiger partial charge in [-0.1, -0.05) is 6.92 Å². The third-order valence-corrected chi connectivity index (χ3v) is 3.19. The van der Waals surface area contributed by atoms with Gasteiger partial charge in [0.2, 0.25) is 0 Å². The van der Waals surface area contributed by atoms with Gasteiger partial charge < -0.3 is 0 Å². The van der Waals surface area contributed by atoms with Crippen molar-refractivity contribution >= 4 is 10.0 Å². The summed E-state index contributed by atoms with van der Waals surface area (Å²) in [6.45, 7) is 2.21. The van der Waals surface area contributed by atoms with Crippen molar-refractivity contribution in [2.75, 3.05) is 0 Å². The first-order chi connectivity index (χ1) is 8.93. The first-order valence-electron chi connectivity index (χ1n) is 5.50. The van der Waals surface area contributed by atoms with E-state index in [9.17, 15) is 12.8 Å². The highest BCUT2D eigenvalue weighted by Crippen LogP contribution is 2.20. The van der Waals surface area contributed by atoms with Crippen molar-refractivity contribution in [2.45, 2.75) is 25.0 Å². The van der Waals surface area contributed by atoms with Crippen LogP contribution >= 0.6 is 0 Å². The Balaban J connectivity index is 2.62. The molecule has 102 valence electrons. The van der Waals surface area contributed by atoms with Crippen LogP contribution in [0.4, 0.5) is 4.39 Å². The molecule has 0 radical (unpaired) electrons. The van der Waals surface area contributed by atoms with E-state index in [1.54, 1.807) is 0 Å². The van der Waals surface area contributed by atoms with Crippen molar-refractivity contribution in [2.24, 2.45) is 5.14 Å². The fraction of sp³-hybridized carbons (Fsp3) is 0.300. The lowest BCUT2D eigenvalue weighted by molar-refractivity contribution is 0.559. The summed E-state index contributed by atoms with van der Waals surface area (Å²) in [5.74, 6) is -0.321. The van der Waals surface area contributed by atoms with E-state index in [2.05, 4.69) is 15.2 Å². The van der Waals surface area contributed by atoms with Crippen LogP contribution in [-0.4, -0.2) is 28.2 Å². The summed E-state index contributed by atoms with van der Waals surface area (Å²) in [4.78, 5) is 3.70. The van der Waals surface area contributed by atoms with Gasteiger partial charge in [-0.15, -0.1) is 10.2 Å². The predicted molar refractivity (Wildman–Crippen MR) is 64.9 cm³/mol. The molecule has 0 unspecified atom stereocenters. The topological polar surface area (TPSA) is 104 Å². The molecule has 2 heterocycles. The minimum absolute atomic E-state index is 0.220. The monoisotopic (exact) mass is 285 g/mol. The Labute approximate surface area is 109 Å². The minimum Gasteiger partial charge on any atom is -0.297 e. The van der Waals surface area contributed by atoms with Gasteiger partial charge in [0, 0.05) is 18.3 Å². The van der Waals surface area contributed by atoms with Crippen molar-refractivity contribution < 1.29 is 12.8 Å². The molecular weight excluding hydrogens is 273 g/mol. The lowest BCUT2D eigenvalue weighted by Gasteiger charge is -2.07. The van der Waals surface area contributed by atoms with E-state index in [4.69, 9.17) is 5.14 Å². The summed E-state index contributed by atoms with van der Waals surface area (Å²) in [5.41, 5.74) is 0.343. The largest absolute Gasteiger partial charge is 0.297 e. The molecule has 2 N–H and O–H groups in total. The molecule has 0 fully saturated rings. The highest BCUT2D eigenvalue weighted by atomic mass is 32.2. The van der Waals surface area contributed by atoms with Gasteiger partial charge in [0.05, 0.1) is 6.20 Å². The van der Waals surface area contributed by atoms with Crippen LogP contribution in [0.25, 0.3) is 11.4 Å². The van der Waals surface area contributed by atoms with E-state index >= 15 is 0 Å². The van der Waals surface area contributed by atoms with E-state index in [1.165, 1.54) is 16.8 Å². The van der Waals surface area contributed by atoms with Crippen molar-refractivity contribution in [1.82, 2.24) is 19.7 Å². The van der Waals surface area contributed by atoms with E-state index in [0.29, 0.717) is 18.5 Å². The number of halogens is 1. The van der Waals surface area contributed by atoms with Gasteiger partial charge in [-0.3, -0.25) is 9.55 Å². The van der Waals surface area contributed by atoms with Crippen LogP contribution in [0.3, 0.4) is 0 Å². The molecule has 2 rings (SSSR count). The second kappa shape index (κ2) is 5.02. The Kier molecular flexibility index (Phi) is 3.58. The number of sulfonamides is 1. The highest BCUT2D eigenvalue weighted by Gasteiger charge is 2.21. The van der Waals surface area contributed by atoms with Crippen LogP contribution in [0.15, 0.2) is 23.6 Å². The lowest BCUT2D eigenvalue weighted by Crippen LogP contribution is -2.19. The van der Waals surface area contributed by atoms with Crippen molar-refractivity contribution in [3.8, 4) is 11.4 Å². The SMILES string of the molecule is CCCn1c(-c2cncc(F)c2)nnc1S(N)(=O)=O. The maximum Gasteiger partial charge on any atom is 0.273 e. The van der Waals surface area contributed by atoms with E-state index in [1.807, 2.05) is 6.92 Å². The van der Waals surface area contributed by atoms with Gasteiger partial charge in [-0.25, -0.2) is 17.9 Å². The number of hydrogen-bond acceptors (Lipinski definition) is 5. The average Bonchev–Trinajstić information content (AvgIpc) is 2.73. The zero-order valence-electron chi connectivity index (χ0n) is 10.1. The molecule has 0 atom stereocenters. The standard InChI is InChI=1S/C10H12FN5O2S/c1-2-3-16-9(7-4-8(11)6-13-5-7)14-15-10(16)19(12,17)18/h4-6H,2-3H2,1H3,(H2,12,17,18). The normalized spacial score (nSPS) is 11.7. The molecule has 0 aliphatic heterocycles. The summed E-state index contributed by atoms with van der Waals surface area (Å²) in [6.07, 6.45) is 3.08. The highest BCUT2D eigenvalue weighted by molar-refractivity contribution is 7.89. The number of pyridine rings is 1. The van der Waals surface area contributed by atoms with E-state index in [0.717, 1.165) is 6.20 Å². The number of nitrogens with zero attached hydrogens (tertiary/aromatic N) is 4. The molecule has 0 saturated carbocycles. The molecule has 19 heavy (non-hydrogen) atoms. The second-order valence-corrected chi connectivity index (χ2v) is 5.35. The van der Waals surface area contributed by atoms with Crippen LogP contribution in [0, 0.1) is 5.82 Å². The molecular formula is C10H12FN5O2S. The van der Waals surface area contributed by atoms with E-state index < -0.39 is 15.8 Å². The molecule has 0 bridgehead atoms. The van der Waals surface area contributed by atoms with Gasteiger partial charge in [-0.2, -0.15) is 0 Å². The van der Waals surface area contributed by atoms with Crippen LogP contribution < -0.4 is 5.14 Å². The summed E-state index contributed by atoms with van der Waals surface area (Å²) >= 11 is 0. The average molecular weight is 285 g/mol. The van der Waals surface area contributed by atoms with Gasteiger partial charge >= 0.3 is 0 Å². The Morgan fingerprint density at radius 2 is 2.11 bits per heavy atom. The van der Waals surface area contributed by atoms with Gasteiger partial charge in [-0.05, 0) is 12.5 Å². The second-order valence-electron chi connectivity index (χ2n) is 3.89. The van der Waals surface area contributed by atoms with Crippen LogP contribution in [0.1, 0.15) is 13.3 Å². The first kappa shape index (κ1) is 13.6. The smallest absolute Gasteiger partial charge is 0.273 e. The first-order valence-corrected chi connectivity index (χ1v) is 7.05. The van der Waals surface area contributed by atoms with Crippen LogP contribution in [0.2, 0.25) is 0 Å². The molecule has 0 saturated heterocycles. The fourth-order valence-electron chi connectivity index (χ4n) is 1.67. The molecule has 0 amide bonds. The van der Waals surface area contributed by atoms with Crippen LogP contribution in [-0.2, 0) is 16.6 Å². The molecule has 0 aromatic carbocycles. The molecule has 0 spiro atoms. The molecule has 2 aromatic heterocycles. The Bertz CT molecular complexity index is 698. The third kappa shape index (κ3) is 2.76. The van der Waals surface area contributed by atoms with Crippen molar-refractivity contribution in [1.29, 1.82) is 0 Å². The zero-order chi connectivity index (χ0) is 14.0. The van der Waals surface area contributed by atoms with Gasteiger partial charge in [0.15, 0.2) is 5.82 Å². The van der Waals surface area contributed by atoms with Gasteiger partial charge in [0.25, 0.3) is 15.2 Å². The molecule has 2 aromatic rings. The Morgan fingerprint density at radius 1 is 1.37 bits per heavy atom. The van der Waals surface area contributed by atoms with Gasteiger partial charge in [0.1, 0.15) is 5.82 Å². The zero-order valence-corrected chi connectivity index (χ0v) is 10.9. The van der Waals surface area contributed by atoms with Crippen molar-refractivity contribution in [3.05, 3.63) is 24.3 Å². The quantitative estimate of drug-likeness (QED) is 0.882. The number of nitrogens with two attached hydrogens (primary N) is 1. The summed E-state index contributed by atoms with van der Waals surface area (Å²) < 4.78 is 37.3. The molecule has 0 aliphatic carbocycles.